The van der Waals surface area contributed by atoms with Crippen molar-refractivity contribution in [1.29, 1.82) is 0 Å². The topological polar surface area (TPSA) is 65.4 Å². The van der Waals surface area contributed by atoms with E-state index >= 15 is 0 Å². The molecule has 2 N–H and O–H groups in total. The highest BCUT2D eigenvalue weighted by Crippen LogP contribution is 2.19. The summed E-state index contributed by atoms with van der Waals surface area (Å²) in [6, 6.07) is 3.37. The Morgan fingerprint density at radius 2 is 2.07 bits per heavy atom. The number of aromatic nitrogens is 1. The minimum Gasteiger partial charge on any atom is -0.740 e. The van der Waals surface area contributed by atoms with Crippen molar-refractivity contribution in [2.75, 3.05) is 36.9 Å². The summed E-state index contributed by atoms with van der Waals surface area (Å²) in [5.41, 5.74) is 5.59. The molecule has 1 aromatic rings. The summed E-state index contributed by atoms with van der Waals surface area (Å²) in [6.07, 6.45) is 0. The van der Waals surface area contributed by atoms with Crippen LogP contribution in [0.1, 0.15) is 0 Å². The molecule has 82 valence electrons. The van der Waals surface area contributed by atoms with Crippen LogP contribution in [-0.2, 0) is 4.74 Å². The molecule has 0 radical (unpaired) electrons. The summed E-state index contributed by atoms with van der Waals surface area (Å²) in [7, 11) is 0. The predicted molar refractivity (Wildman–Crippen MR) is 60.5 cm³/mol. The fraction of sp³-hybridized carbons (Fsp3) is 0.444. The molecule has 0 atom stereocenters. The zero-order valence-electron chi connectivity index (χ0n) is 8.15. The minimum atomic E-state index is 0.200. The van der Waals surface area contributed by atoms with E-state index in [1.807, 2.05) is 4.90 Å². The van der Waals surface area contributed by atoms with Gasteiger partial charge in [-0.1, -0.05) is 15.9 Å². The Labute approximate surface area is 96.1 Å². The third-order valence-electron chi connectivity index (χ3n) is 2.33. The Hall–Kier alpha value is -1.01. The highest BCUT2D eigenvalue weighted by atomic mass is 79.9. The largest absolute Gasteiger partial charge is 0.740 e. The molecule has 0 aliphatic carbocycles. The Kier molecular flexibility index (Phi) is 2.97. The Bertz CT molecular complexity index is 367. The zero-order valence-corrected chi connectivity index (χ0v) is 9.74. The van der Waals surface area contributed by atoms with Gasteiger partial charge in [-0.3, -0.25) is 4.90 Å². The number of halogens is 1. The Morgan fingerprint density at radius 3 is 2.73 bits per heavy atom. The molecule has 0 saturated carbocycles. The fourth-order valence-electron chi connectivity index (χ4n) is 1.57. The molecule has 6 heteroatoms. The second-order valence-electron chi connectivity index (χ2n) is 3.35. The standard InChI is InChI=1S/C9H12BrN3O2/c10-7-5-8(11)13(14)9(6-7)12-1-3-15-4-2-12/h5-6H,1-4,11H2. The van der Waals surface area contributed by atoms with Gasteiger partial charge < -0.3 is 15.7 Å². The molecule has 1 aliphatic rings. The van der Waals surface area contributed by atoms with Gasteiger partial charge >= 0.3 is 0 Å². The number of nitrogens with zero attached hydrogens (tertiary/aromatic N) is 2. The molecular weight excluding hydrogens is 262 g/mol. The maximum Gasteiger partial charge on any atom is 0.225 e. The average molecular weight is 274 g/mol. The molecule has 2 rings (SSSR count). The van der Waals surface area contributed by atoms with Crippen molar-refractivity contribution in [2.45, 2.75) is 0 Å². The molecule has 0 amide bonds. The van der Waals surface area contributed by atoms with Crippen molar-refractivity contribution in [2.24, 2.45) is 0 Å². The quantitative estimate of drug-likeness (QED) is 0.598. The zero-order chi connectivity index (χ0) is 10.8. The lowest BCUT2D eigenvalue weighted by molar-refractivity contribution is -0.576. The van der Waals surface area contributed by atoms with Crippen molar-refractivity contribution in [1.82, 2.24) is 0 Å². The van der Waals surface area contributed by atoms with Crippen molar-refractivity contribution < 1.29 is 9.47 Å². The summed E-state index contributed by atoms with van der Waals surface area (Å²) in [5.74, 6) is 0.774. The van der Waals surface area contributed by atoms with Crippen molar-refractivity contribution in [3.8, 4) is 0 Å². The number of anilines is 2. The number of nitrogen functional groups attached to an aromatic ring is 1. The number of morpholine rings is 1. The first-order valence-corrected chi connectivity index (χ1v) is 5.49. The van der Waals surface area contributed by atoms with E-state index in [-0.39, 0.29) is 5.82 Å². The van der Waals surface area contributed by atoms with Gasteiger partial charge in [-0.15, -0.1) is 0 Å². The van der Waals surface area contributed by atoms with Gasteiger partial charge in [0.15, 0.2) is 0 Å². The predicted octanol–water partition coefficient (Wildman–Crippen LogP) is 0.501. The molecule has 5 nitrogen and oxygen atoms in total. The van der Waals surface area contributed by atoms with Crippen LogP contribution in [0.3, 0.4) is 0 Å². The lowest BCUT2D eigenvalue weighted by Crippen LogP contribution is -2.45. The van der Waals surface area contributed by atoms with Gasteiger partial charge in [0.25, 0.3) is 0 Å². The van der Waals surface area contributed by atoms with Crippen LogP contribution in [0.4, 0.5) is 11.6 Å². The van der Waals surface area contributed by atoms with Gasteiger partial charge in [0, 0.05) is 16.6 Å². The summed E-state index contributed by atoms with van der Waals surface area (Å²) in [6.45, 7) is 2.73. The first-order valence-electron chi connectivity index (χ1n) is 4.70. The number of nitrogens with two attached hydrogens (primary N) is 1. The highest BCUT2D eigenvalue weighted by molar-refractivity contribution is 9.10. The number of ether oxygens (including phenoxy) is 1. The van der Waals surface area contributed by atoms with Crippen LogP contribution in [-0.4, -0.2) is 26.3 Å². The fourth-order valence-corrected chi connectivity index (χ4v) is 2.01. The van der Waals surface area contributed by atoms with Crippen LogP contribution in [0.25, 0.3) is 0 Å². The molecule has 1 aliphatic heterocycles. The van der Waals surface area contributed by atoms with E-state index in [2.05, 4.69) is 15.9 Å². The van der Waals surface area contributed by atoms with Crippen molar-refractivity contribution in [3.63, 3.8) is 0 Å². The second-order valence-corrected chi connectivity index (χ2v) is 4.27. The first kappa shape index (κ1) is 10.5. The molecule has 1 fully saturated rings. The van der Waals surface area contributed by atoms with Crippen LogP contribution in [0, 0.1) is 5.21 Å². The summed E-state index contributed by atoms with van der Waals surface area (Å²) >= 11 is 3.32. The van der Waals surface area contributed by atoms with Gasteiger partial charge in [-0.05, 0) is 0 Å². The lowest BCUT2D eigenvalue weighted by atomic mass is 10.3. The van der Waals surface area contributed by atoms with Crippen LogP contribution in [0.15, 0.2) is 16.6 Å². The van der Waals surface area contributed by atoms with E-state index in [1.54, 1.807) is 12.1 Å². The minimum absolute atomic E-state index is 0.200. The number of pyridine rings is 1. The third kappa shape index (κ3) is 2.15. The summed E-state index contributed by atoms with van der Waals surface area (Å²) in [4.78, 5) is 1.97. The molecule has 0 aromatic carbocycles. The Balaban J connectivity index is 2.33. The van der Waals surface area contributed by atoms with Gasteiger partial charge in [-0.2, -0.15) is 0 Å². The van der Waals surface area contributed by atoms with Crippen LogP contribution < -0.4 is 15.4 Å². The third-order valence-corrected chi connectivity index (χ3v) is 2.79. The second kappa shape index (κ2) is 4.24. The molecule has 0 bridgehead atoms. The SMILES string of the molecule is Nc1cc(Br)cc(N2CCOCC2)[n+]1[O-]. The van der Waals surface area contributed by atoms with Crippen molar-refractivity contribution in [3.05, 3.63) is 21.8 Å². The number of rotatable bonds is 1. The van der Waals surface area contributed by atoms with E-state index in [4.69, 9.17) is 10.5 Å². The van der Waals surface area contributed by atoms with Crippen molar-refractivity contribution >= 4 is 27.6 Å². The smallest absolute Gasteiger partial charge is 0.225 e. The molecule has 2 heterocycles. The normalized spacial score (nSPS) is 16.7. The molecule has 1 saturated heterocycles. The van der Waals surface area contributed by atoms with Crippen LogP contribution >= 0.6 is 15.9 Å². The van der Waals surface area contributed by atoms with Crippen LogP contribution in [0.5, 0.6) is 0 Å². The monoisotopic (exact) mass is 273 g/mol. The van der Waals surface area contributed by atoms with E-state index < -0.39 is 0 Å². The van der Waals surface area contributed by atoms with Gasteiger partial charge in [0.05, 0.1) is 26.3 Å². The van der Waals surface area contributed by atoms with E-state index in [0.29, 0.717) is 19.0 Å². The maximum absolute atomic E-state index is 11.7. The maximum atomic E-state index is 11.7. The Morgan fingerprint density at radius 1 is 1.40 bits per heavy atom. The molecule has 0 spiro atoms. The van der Waals surface area contributed by atoms with E-state index in [1.165, 1.54) is 0 Å². The molecule has 15 heavy (non-hydrogen) atoms. The molecule has 1 aromatic heterocycles. The first-order chi connectivity index (χ1) is 7.18. The molecular formula is C9H12BrN3O2. The molecule has 0 unspecified atom stereocenters. The number of hydrogen-bond acceptors (Lipinski definition) is 4. The van der Waals surface area contributed by atoms with E-state index in [9.17, 15) is 5.21 Å². The number of hydrogen-bond donors (Lipinski definition) is 1. The summed E-state index contributed by atoms with van der Waals surface area (Å²) in [5, 5.41) is 11.7. The van der Waals surface area contributed by atoms with E-state index in [0.717, 1.165) is 22.3 Å². The van der Waals surface area contributed by atoms with Gasteiger partial charge in [0.1, 0.15) is 0 Å². The average Bonchev–Trinajstić information content (AvgIpc) is 2.24. The van der Waals surface area contributed by atoms with Crippen LogP contribution in [0.2, 0.25) is 0 Å². The summed E-state index contributed by atoms with van der Waals surface area (Å²) < 4.78 is 6.79. The highest BCUT2D eigenvalue weighted by Gasteiger charge is 2.19. The lowest BCUT2D eigenvalue weighted by Gasteiger charge is -2.27. The van der Waals surface area contributed by atoms with Gasteiger partial charge in [0.2, 0.25) is 11.6 Å². The van der Waals surface area contributed by atoms with Gasteiger partial charge in [-0.25, -0.2) is 4.73 Å².